The molecule has 2 aromatic carbocycles. The van der Waals surface area contributed by atoms with Crippen LogP contribution in [0.15, 0.2) is 47.5 Å². The molecule has 0 saturated carbocycles. The Kier molecular flexibility index (Phi) is 9.35. The molecule has 1 fully saturated rings. The van der Waals surface area contributed by atoms with Crippen LogP contribution in [0.1, 0.15) is 5.56 Å². The molecule has 30 heavy (non-hydrogen) atoms. The van der Waals surface area contributed by atoms with Crippen molar-refractivity contribution in [2.75, 3.05) is 59.5 Å². The third-order valence-corrected chi connectivity index (χ3v) is 5.14. The topological polar surface area (TPSA) is 58.6 Å². The number of nitrogens with zero attached hydrogens (tertiary/aromatic N) is 3. The first-order chi connectivity index (χ1) is 14.2. The van der Waals surface area contributed by atoms with Crippen molar-refractivity contribution in [2.45, 2.75) is 6.54 Å². The molecule has 1 aliphatic rings. The molecule has 0 unspecified atom stereocenters. The summed E-state index contributed by atoms with van der Waals surface area (Å²) in [5, 5.41) is 3.46. The van der Waals surface area contributed by atoms with Crippen molar-refractivity contribution in [2.24, 2.45) is 4.99 Å². The van der Waals surface area contributed by atoms with E-state index in [4.69, 9.17) is 14.2 Å². The first kappa shape index (κ1) is 23.9. The van der Waals surface area contributed by atoms with E-state index in [0.717, 1.165) is 55.0 Å². The minimum atomic E-state index is 0. The maximum absolute atomic E-state index is 5.49. The van der Waals surface area contributed by atoms with Crippen molar-refractivity contribution in [3.63, 3.8) is 0 Å². The van der Waals surface area contributed by atoms with Gasteiger partial charge in [-0.25, -0.2) is 0 Å². The highest BCUT2D eigenvalue weighted by Gasteiger charge is 2.20. The molecular formula is C22H31IN4O3. The Morgan fingerprint density at radius 2 is 1.63 bits per heavy atom. The largest absolute Gasteiger partial charge is 0.497 e. The summed E-state index contributed by atoms with van der Waals surface area (Å²) in [5.41, 5.74) is 2.25. The number of aliphatic imine (C=N–C) groups is 1. The van der Waals surface area contributed by atoms with Crippen molar-refractivity contribution in [1.29, 1.82) is 0 Å². The highest BCUT2D eigenvalue weighted by Crippen LogP contribution is 2.25. The van der Waals surface area contributed by atoms with Crippen molar-refractivity contribution in [1.82, 2.24) is 10.2 Å². The molecule has 2 aromatic rings. The number of halogens is 1. The lowest BCUT2D eigenvalue weighted by molar-refractivity contribution is 0.370. The van der Waals surface area contributed by atoms with Crippen LogP contribution in [-0.2, 0) is 6.54 Å². The number of hydrogen-bond donors (Lipinski definition) is 1. The second-order valence-electron chi connectivity index (χ2n) is 6.75. The summed E-state index contributed by atoms with van der Waals surface area (Å²) < 4.78 is 16.1. The van der Waals surface area contributed by atoms with Crippen LogP contribution < -0.4 is 24.4 Å². The Bertz CT molecular complexity index is 839. The van der Waals surface area contributed by atoms with Gasteiger partial charge in [-0.2, -0.15) is 0 Å². The normalized spacial score (nSPS) is 14.1. The zero-order valence-electron chi connectivity index (χ0n) is 18.1. The third kappa shape index (κ3) is 5.84. The molecule has 0 radical (unpaired) electrons. The van der Waals surface area contributed by atoms with Crippen LogP contribution in [0.3, 0.4) is 0 Å². The number of anilines is 1. The van der Waals surface area contributed by atoms with Crippen LogP contribution >= 0.6 is 24.0 Å². The van der Waals surface area contributed by atoms with E-state index < -0.39 is 0 Å². The molecule has 0 aromatic heterocycles. The first-order valence-electron chi connectivity index (χ1n) is 9.74. The minimum absolute atomic E-state index is 0. The number of hydrogen-bond acceptors (Lipinski definition) is 5. The predicted molar refractivity (Wildman–Crippen MR) is 132 cm³/mol. The summed E-state index contributed by atoms with van der Waals surface area (Å²) in [7, 11) is 6.84. The Morgan fingerprint density at radius 3 is 2.27 bits per heavy atom. The van der Waals surface area contributed by atoms with Gasteiger partial charge in [0, 0.05) is 63.2 Å². The quantitative estimate of drug-likeness (QED) is 0.355. The van der Waals surface area contributed by atoms with Gasteiger partial charge in [0.2, 0.25) is 0 Å². The molecule has 0 bridgehead atoms. The highest BCUT2D eigenvalue weighted by molar-refractivity contribution is 14.0. The van der Waals surface area contributed by atoms with Gasteiger partial charge in [0.05, 0.1) is 21.3 Å². The molecule has 7 nitrogen and oxygen atoms in total. The van der Waals surface area contributed by atoms with Crippen LogP contribution in [0.25, 0.3) is 0 Å². The monoisotopic (exact) mass is 526 g/mol. The van der Waals surface area contributed by atoms with Gasteiger partial charge in [-0.3, -0.25) is 4.99 Å². The summed E-state index contributed by atoms with van der Waals surface area (Å²) in [5.74, 6) is 3.36. The van der Waals surface area contributed by atoms with E-state index in [9.17, 15) is 0 Å². The predicted octanol–water partition coefficient (Wildman–Crippen LogP) is 3.23. The van der Waals surface area contributed by atoms with E-state index in [1.165, 1.54) is 5.69 Å². The number of ether oxygens (including phenoxy) is 3. The summed E-state index contributed by atoms with van der Waals surface area (Å²) >= 11 is 0. The third-order valence-electron chi connectivity index (χ3n) is 5.14. The number of rotatable bonds is 6. The fraction of sp³-hybridized carbons (Fsp3) is 0.409. The number of piperazine rings is 1. The number of benzene rings is 2. The zero-order valence-corrected chi connectivity index (χ0v) is 20.4. The van der Waals surface area contributed by atoms with E-state index in [1.807, 2.05) is 37.4 Å². The van der Waals surface area contributed by atoms with Crippen LogP contribution in [-0.4, -0.2) is 65.4 Å². The maximum atomic E-state index is 5.49. The number of guanidine groups is 1. The van der Waals surface area contributed by atoms with E-state index in [1.54, 1.807) is 21.3 Å². The molecule has 164 valence electrons. The maximum Gasteiger partial charge on any atom is 0.194 e. The van der Waals surface area contributed by atoms with Gasteiger partial charge in [0.25, 0.3) is 0 Å². The molecule has 0 spiro atoms. The second kappa shape index (κ2) is 11.7. The Balaban J connectivity index is 0.00000320. The van der Waals surface area contributed by atoms with E-state index in [0.29, 0.717) is 6.54 Å². The summed E-state index contributed by atoms with van der Waals surface area (Å²) in [6.07, 6.45) is 0. The van der Waals surface area contributed by atoms with Gasteiger partial charge in [-0.15, -0.1) is 24.0 Å². The zero-order chi connectivity index (χ0) is 20.6. The highest BCUT2D eigenvalue weighted by atomic mass is 127. The van der Waals surface area contributed by atoms with Crippen molar-refractivity contribution in [3.8, 4) is 17.2 Å². The van der Waals surface area contributed by atoms with Gasteiger partial charge >= 0.3 is 0 Å². The van der Waals surface area contributed by atoms with E-state index >= 15 is 0 Å². The summed E-state index contributed by atoms with van der Waals surface area (Å²) in [4.78, 5) is 9.13. The lowest BCUT2D eigenvalue weighted by atomic mass is 10.2. The minimum Gasteiger partial charge on any atom is -0.497 e. The van der Waals surface area contributed by atoms with Gasteiger partial charge in [0.15, 0.2) is 5.96 Å². The SMILES string of the molecule is CN=C(NCc1ccc(OC)cc1OC)N1CCN(c2cccc(OC)c2)CC1.I. The molecule has 0 aliphatic carbocycles. The summed E-state index contributed by atoms with van der Waals surface area (Å²) in [6, 6.07) is 14.1. The van der Waals surface area contributed by atoms with Gasteiger partial charge < -0.3 is 29.3 Å². The smallest absolute Gasteiger partial charge is 0.194 e. The fourth-order valence-electron chi connectivity index (χ4n) is 3.49. The lowest BCUT2D eigenvalue weighted by Crippen LogP contribution is -2.52. The average Bonchev–Trinajstić information content (AvgIpc) is 2.80. The number of nitrogens with one attached hydrogen (secondary N) is 1. The van der Waals surface area contributed by atoms with Crippen LogP contribution in [0.4, 0.5) is 5.69 Å². The van der Waals surface area contributed by atoms with Gasteiger partial charge in [-0.05, 0) is 24.3 Å². The second-order valence-corrected chi connectivity index (χ2v) is 6.75. The molecular weight excluding hydrogens is 495 g/mol. The Labute approximate surface area is 196 Å². The molecule has 1 N–H and O–H groups in total. The molecule has 3 rings (SSSR count). The van der Waals surface area contributed by atoms with Crippen LogP contribution in [0.5, 0.6) is 17.2 Å². The van der Waals surface area contributed by atoms with Crippen molar-refractivity contribution < 1.29 is 14.2 Å². The Morgan fingerprint density at radius 1 is 0.933 bits per heavy atom. The molecule has 1 heterocycles. The number of methoxy groups -OCH3 is 3. The lowest BCUT2D eigenvalue weighted by Gasteiger charge is -2.37. The summed E-state index contributed by atoms with van der Waals surface area (Å²) in [6.45, 7) is 4.29. The average molecular weight is 526 g/mol. The van der Waals surface area contributed by atoms with Crippen LogP contribution in [0, 0.1) is 0 Å². The van der Waals surface area contributed by atoms with E-state index in [-0.39, 0.29) is 24.0 Å². The van der Waals surface area contributed by atoms with Gasteiger partial charge in [-0.1, -0.05) is 6.07 Å². The molecule has 0 atom stereocenters. The van der Waals surface area contributed by atoms with Crippen LogP contribution in [0.2, 0.25) is 0 Å². The molecule has 0 amide bonds. The van der Waals surface area contributed by atoms with Crippen molar-refractivity contribution in [3.05, 3.63) is 48.0 Å². The molecule has 1 saturated heterocycles. The fourth-order valence-corrected chi connectivity index (χ4v) is 3.49. The van der Waals surface area contributed by atoms with E-state index in [2.05, 4.69) is 32.2 Å². The first-order valence-corrected chi connectivity index (χ1v) is 9.74. The van der Waals surface area contributed by atoms with Gasteiger partial charge in [0.1, 0.15) is 17.2 Å². The van der Waals surface area contributed by atoms with Crippen molar-refractivity contribution >= 4 is 35.6 Å². The molecule has 8 heteroatoms. The Hall–Kier alpha value is -2.36. The standard InChI is InChI=1S/C22H30N4O3.HI/c1-23-22(24-16-17-8-9-20(28-3)15-21(17)29-4)26-12-10-25(11-13-26)18-6-5-7-19(14-18)27-2;/h5-9,14-15H,10-13,16H2,1-4H3,(H,23,24);1H. The molecule has 1 aliphatic heterocycles.